The molecule has 1 aromatic carbocycles. The largest absolute Gasteiger partial charge is 0.328 e. The highest BCUT2D eigenvalue weighted by Gasteiger charge is 2.27. The lowest BCUT2D eigenvalue weighted by molar-refractivity contribution is -0.119. The van der Waals surface area contributed by atoms with E-state index < -0.39 is 0 Å². The molecule has 0 heterocycles. The van der Waals surface area contributed by atoms with Gasteiger partial charge in [-0.05, 0) is 53.4 Å². The van der Waals surface area contributed by atoms with Crippen molar-refractivity contribution in [1.29, 1.82) is 0 Å². The number of amides is 1. The number of rotatable bonds is 2. The van der Waals surface area contributed by atoms with Gasteiger partial charge in [0.05, 0.1) is 4.47 Å². The summed E-state index contributed by atoms with van der Waals surface area (Å²) in [5.41, 5.74) is 6.24. The summed E-state index contributed by atoms with van der Waals surface area (Å²) in [5, 5.41) is 2.72. The second-order valence-corrected chi connectivity index (χ2v) is 5.24. The molecule has 2 rings (SSSR count). The summed E-state index contributed by atoms with van der Waals surface area (Å²) in [5.74, 6) is -0.498. The van der Waals surface area contributed by atoms with Gasteiger partial charge in [0.25, 0.3) is 0 Å². The Bertz CT molecular complexity index is 439. The van der Waals surface area contributed by atoms with Gasteiger partial charge >= 0.3 is 0 Å². The number of hydrogen-bond donors (Lipinski definition) is 2. The molecule has 2 unspecified atom stereocenters. The monoisotopic (exact) mass is 300 g/mol. The summed E-state index contributed by atoms with van der Waals surface area (Å²) < 4.78 is 13.6. The molecule has 17 heavy (non-hydrogen) atoms. The molecule has 1 aliphatic rings. The van der Waals surface area contributed by atoms with E-state index in [1.165, 1.54) is 6.07 Å². The van der Waals surface area contributed by atoms with Crippen LogP contribution in [0.2, 0.25) is 0 Å². The van der Waals surface area contributed by atoms with Crippen molar-refractivity contribution in [2.75, 3.05) is 5.32 Å². The van der Waals surface area contributed by atoms with Gasteiger partial charge < -0.3 is 11.1 Å². The first-order valence-corrected chi connectivity index (χ1v) is 6.37. The molecule has 92 valence electrons. The minimum atomic E-state index is -0.383. The highest BCUT2D eigenvalue weighted by atomic mass is 79.9. The van der Waals surface area contributed by atoms with E-state index in [-0.39, 0.29) is 23.7 Å². The van der Waals surface area contributed by atoms with Crippen LogP contribution >= 0.6 is 15.9 Å². The van der Waals surface area contributed by atoms with Gasteiger partial charge in [0.2, 0.25) is 5.91 Å². The number of benzene rings is 1. The maximum Gasteiger partial charge on any atom is 0.227 e. The fourth-order valence-corrected chi connectivity index (χ4v) is 2.32. The van der Waals surface area contributed by atoms with Gasteiger partial charge in [-0.15, -0.1) is 0 Å². The molecular weight excluding hydrogens is 287 g/mol. The quantitative estimate of drug-likeness (QED) is 0.882. The van der Waals surface area contributed by atoms with E-state index >= 15 is 0 Å². The molecule has 1 amide bonds. The minimum Gasteiger partial charge on any atom is -0.328 e. The number of carbonyl (C=O) groups is 1. The van der Waals surface area contributed by atoms with Crippen LogP contribution in [0.1, 0.15) is 19.3 Å². The van der Waals surface area contributed by atoms with Crippen molar-refractivity contribution in [2.24, 2.45) is 11.7 Å². The highest BCUT2D eigenvalue weighted by molar-refractivity contribution is 9.10. The van der Waals surface area contributed by atoms with Gasteiger partial charge in [0.15, 0.2) is 0 Å². The van der Waals surface area contributed by atoms with Crippen LogP contribution in [0.25, 0.3) is 0 Å². The number of carbonyl (C=O) groups excluding carboxylic acids is 1. The number of halogens is 2. The third kappa shape index (κ3) is 3.04. The van der Waals surface area contributed by atoms with E-state index in [4.69, 9.17) is 5.73 Å². The Labute approximate surface area is 108 Å². The maximum atomic E-state index is 13.3. The topological polar surface area (TPSA) is 55.1 Å². The van der Waals surface area contributed by atoms with E-state index in [2.05, 4.69) is 21.2 Å². The molecule has 5 heteroatoms. The van der Waals surface area contributed by atoms with Crippen molar-refractivity contribution in [3.05, 3.63) is 28.5 Å². The SMILES string of the molecule is NC1CCC(C(=O)Nc2ccc(Br)c(F)c2)C1. The molecule has 0 saturated heterocycles. The predicted octanol–water partition coefficient (Wildman–Crippen LogP) is 2.65. The summed E-state index contributed by atoms with van der Waals surface area (Å²) >= 11 is 3.07. The molecule has 1 saturated carbocycles. The van der Waals surface area contributed by atoms with Crippen LogP contribution in [0, 0.1) is 11.7 Å². The fourth-order valence-electron chi connectivity index (χ4n) is 2.07. The normalized spacial score (nSPS) is 23.7. The van der Waals surface area contributed by atoms with Crippen molar-refractivity contribution >= 4 is 27.5 Å². The van der Waals surface area contributed by atoms with Crippen LogP contribution in [-0.2, 0) is 4.79 Å². The van der Waals surface area contributed by atoms with E-state index in [0.29, 0.717) is 16.6 Å². The molecule has 3 nitrogen and oxygen atoms in total. The molecule has 0 bridgehead atoms. The molecule has 0 aliphatic heterocycles. The van der Waals surface area contributed by atoms with Crippen LogP contribution in [0.15, 0.2) is 22.7 Å². The maximum absolute atomic E-state index is 13.3. The lowest BCUT2D eigenvalue weighted by Crippen LogP contribution is -2.23. The second kappa shape index (κ2) is 5.14. The molecular formula is C12H14BrFN2O. The highest BCUT2D eigenvalue weighted by Crippen LogP contribution is 2.26. The van der Waals surface area contributed by atoms with E-state index in [1.807, 2.05) is 0 Å². The summed E-state index contributed by atoms with van der Waals surface area (Å²) in [6.45, 7) is 0. The Morgan fingerprint density at radius 2 is 2.24 bits per heavy atom. The Hall–Kier alpha value is -0.940. The fraction of sp³-hybridized carbons (Fsp3) is 0.417. The van der Waals surface area contributed by atoms with Gasteiger partial charge in [-0.1, -0.05) is 0 Å². The van der Waals surface area contributed by atoms with Crippen molar-refractivity contribution in [2.45, 2.75) is 25.3 Å². The minimum absolute atomic E-state index is 0.0447. The third-order valence-corrected chi connectivity index (χ3v) is 3.67. The molecule has 3 N–H and O–H groups in total. The van der Waals surface area contributed by atoms with Crippen LogP contribution in [-0.4, -0.2) is 11.9 Å². The van der Waals surface area contributed by atoms with Gasteiger partial charge in [0.1, 0.15) is 5.82 Å². The van der Waals surface area contributed by atoms with Gasteiger partial charge in [-0.3, -0.25) is 4.79 Å². The summed E-state index contributed by atoms with van der Waals surface area (Å²) in [4.78, 5) is 11.9. The van der Waals surface area contributed by atoms with E-state index in [0.717, 1.165) is 12.8 Å². The standard InChI is InChI=1S/C12H14BrFN2O/c13-10-4-3-9(6-11(10)14)16-12(17)7-1-2-8(15)5-7/h3-4,6-8H,1-2,5,15H2,(H,16,17). The Morgan fingerprint density at radius 1 is 1.47 bits per heavy atom. The predicted molar refractivity (Wildman–Crippen MR) is 68.0 cm³/mol. The Morgan fingerprint density at radius 3 is 2.82 bits per heavy atom. The first-order valence-electron chi connectivity index (χ1n) is 5.58. The lowest BCUT2D eigenvalue weighted by atomic mass is 10.1. The zero-order valence-corrected chi connectivity index (χ0v) is 10.8. The first-order chi connectivity index (χ1) is 8.06. The molecule has 0 spiro atoms. The van der Waals surface area contributed by atoms with Crippen molar-refractivity contribution in [3.8, 4) is 0 Å². The summed E-state index contributed by atoms with van der Waals surface area (Å²) in [6.07, 6.45) is 2.41. The average molecular weight is 301 g/mol. The van der Waals surface area contributed by atoms with Crippen molar-refractivity contribution < 1.29 is 9.18 Å². The van der Waals surface area contributed by atoms with Crippen LogP contribution in [0.5, 0.6) is 0 Å². The van der Waals surface area contributed by atoms with Crippen LogP contribution in [0.4, 0.5) is 10.1 Å². The third-order valence-electron chi connectivity index (χ3n) is 3.03. The number of nitrogens with one attached hydrogen (secondary N) is 1. The Balaban J connectivity index is 2.00. The first kappa shape index (κ1) is 12.5. The molecule has 1 fully saturated rings. The molecule has 2 atom stereocenters. The number of anilines is 1. The molecule has 0 radical (unpaired) electrons. The van der Waals surface area contributed by atoms with E-state index in [1.54, 1.807) is 12.1 Å². The van der Waals surface area contributed by atoms with Gasteiger partial charge in [-0.25, -0.2) is 4.39 Å². The molecule has 1 aliphatic carbocycles. The van der Waals surface area contributed by atoms with Gasteiger partial charge in [0, 0.05) is 17.6 Å². The van der Waals surface area contributed by atoms with Crippen LogP contribution in [0.3, 0.4) is 0 Å². The van der Waals surface area contributed by atoms with E-state index in [9.17, 15) is 9.18 Å². The zero-order valence-electron chi connectivity index (χ0n) is 9.25. The molecule has 0 aromatic heterocycles. The summed E-state index contributed by atoms with van der Waals surface area (Å²) in [6, 6.07) is 4.66. The second-order valence-electron chi connectivity index (χ2n) is 4.39. The van der Waals surface area contributed by atoms with Crippen molar-refractivity contribution in [3.63, 3.8) is 0 Å². The van der Waals surface area contributed by atoms with Crippen LogP contribution < -0.4 is 11.1 Å². The average Bonchev–Trinajstić information content (AvgIpc) is 2.70. The summed E-state index contributed by atoms with van der Waals surface area (Å²) in [7, 11) is 0. The van der Waals surface area contributed by atoms with Gasteiger partial charge in [-0.2, -0.15) is 0 Å². The smallest absolute Gasteiger partial charge is 0.227 e. The number of nitrogens with two attached hydrogens (primary N) is 1. The number of hydrogen-bond acceptors (Lipinski definition) is 2. The Kier molecular flexibility index (Phi) is 3.79. The lowest BCUT2D eigenvalue weighted by Gasteiger charge is -2.11. The zero-order chi connectivity index (χ0) is 12.4. The van der Waals surface area contributed by atoms with Crippen molar-refractivity contribution in [1.82, 2.24) is 0 Å². The molecule has 1 aromatic rings.